The molecule has 2 aromatic carbocycles. The van der Waals surface area contributed by atoms with Crippen molar-refractivity contribution in [3.8, 4) is 0 Å². The van der Waals surface area contributed by atoms with Gasteiger partial charge in [-0.2, -0.15) is 4.31 Å². The van der Waals surface area contributed by atoms with Gasteiger partial charge in [0, 0.05) is 37.7 Å². The van der Waals surface area contributed by atoms with E-state index in [2.05, 4.69) is 10.9 Å². The average Bonchev–Trinajstić information content (AvgIpc) is 3.24. The summed E-state index contributed by atoms with van der Waals surface area (Å²) in [5.41, 5.74) is 6.91. The Morgan fingerprint density at radius 3 is 2.27 bits per heavy atom. The predicted molar refractivity (Wildman–Crippen MR) is 111 cm³/mol. The molecule has 4 rings (SSSR count). The highest BCUT2D eigenvalue weighted by Crippen LogP contribution is 2.28. The van der Waals surface area contributed by atoms with Crippen molar-refractivity contribution in [1.82, 2.24) is 20.1 Å². The van der Waals surface area contributed by atoms with E-state index >= 15 is 0 Å². The number of halogens is 2. The molecular weight excluding hydrogens is 431 g/mol. The van der Waals surface area contributed by atoms with Crippen LogP contribution in [0.5, 0.6) is 0 Å². The van der Waals surface area contributed by atoms with E-state index in [4.69, 9.17) is 11.6 Å². The van der Waals surface area contributed by atoms with Gasteiger partial charge in [0.15, 0.2) is 0 Å². The van der Waals surface area contributed by atoms with E-state index in [0.29, 0.717) is 24.7 Å². The predicted octanol–water partition coefficient (Wildman–Crippen LogP) is 1.78. The molecule has 160 valence electrons. The van der Waals surface area contributed by atoms with Crippen LogP contribution in [0.1, 0.15) is 11.6 Å². The minimum absolute atomic E-state index is 0.0506. The smallest absolute Gasteiger partial charge is 0.243 e. The fraction of sp³-hybridized carbons (Fsp3) is 0.350. The first-order chi connectivity index (χ1) is 14.4. The molecule has 2 N–H and O–H groups in total. The number of benzene rings is 2. The zero-order valence-corrected chi connectivity index (χ0v) is 17.7. The molecule has 0 aromatic heterocycles. The first kappa shape index (κ1) is 21.2. The normalized spacial score (nSPS) is 22.9. The molecule has 2 atom stereocenters. The highest BCUT2D eigenvalue weighted by Gasteiger charge is 2.38. The van der Waals surface area contributed by atoms with Gasteiger partial charge in [0.05, 0.1) is 16.9 Å². The van der Waals surface area contributed by atoms with Gasteiger partial charge in [0.1, 0.15) is 5.82 Å². The number of amides is 1. The largest absolute Gasteiger partial charge is 0.340 e. The summed E-state index contributed by atoms with van der Waals surface area (Å²) in [5, 5.41) is 0.471. The van der Waals surface area contributed by atoms with Gasteiger partial charge in [-0.15, -0.1) is 0 Å². The highest BCUT2D eigenvalue weighted by atomic mass is 35.5. The zero-order valence-electron chi connectivity index (χ0n) is 16.1. The SMILES string of the molecule is O=C(C1CNNC1c1ccc(F)cc1)N1CCN(S(=O)(=O)c2ccc(Cl)cc2)CC1. The lowest BCUT2D eigenvalue weighted by atomic mass is 9.93. The monoisotopic (exact) mass is 452 g/mol. The second-order valence-electron chi connectivity index (χ2n) is 7.34. The second kappa shape index (κ2) is 8.60. The first-order valence-corrected chi connectivity index (χ1v) is 11.5. The molecule has 0 saturated carbocycles. The van der Waals surface area contributed by atoms with Crippen LogP contribution in [0.2, 0.25) is 5.02 Å². The molecule has 30 heavy (non-hydrogen) atoms. The van der Waals surface area contributed by atoms with Gasteiger partial charge in [-0.25, -0.2) is 18.2 Å². The first-order valence-electron chi connectivity index (χ1n) is 9.64. The van der Waals surface area contributed by atoms with Gasteiger partial charge in [-0.1, -0.05) is 23.7 Å². The van der Waals surface area contributed by atoms with E-state index in [1.807, 2.05) is 0 Å². The van der Waals surface area contributed by atoms with E-state index in [9.17, 15) is 17.6 Å². The Balaban J connectivity index is 1.41. The topological polar surface area (TPSA) is 81.8 Å². The van der Waals surface area contributed by atoms with Crippen molar-refractivity contribution in [1.29, 1.82) is 0 Å². The van der Waals surface area contributed by atoms with Gasteiger partial charge in [0.25, 0.3) is 0 Å². The van der Waals surface area contributed by atoms with Crippen LogP contribution >= 0.6 is 11.6 Å². The third-order valence-electron chi connectivity index (χ3n) is 5.53. The molecule has 2 saturated heterocycles. The fourth-order valence-corrected chi connectivity index (χ4v) is 5.40. The lowest BCUT2D eigenvalue weighted by Gasteiger charge is -2.36. The van der Waals surface area contributed by atoms with Gasteiger partial charge < -0.3 is 4.90 Å². The van der Waals surface area contributed by atoms with Crippen LogP contribution in [0.15, 0.2) is 53.4 Å². The van der Waals surface area contributed by atoms with Crippen LogP contribution in [0.4, 0.5) is 4.39 Å². The quantitative estimate of drug-likeness (QED) is 0.739. The number of piperazine rings is 1. The molecule has 2 aliphatic heterocycles. The van der Waals surface area contributed by atoms with Gasteiger partial charge >= 0.3 is 0 Å². The number of nitrogens with zero attached hydrogens (tertiary/aromatic N) is 2. The summed E-state index contributed by atoms with van der Waals surface area (Å²) in [5.74, 6) is -0.731. The van der Waals surface area contributed by atoms with E-state index in [0.717, 1.165) is 5.56 Å². The number of carbonyl (C=O) groups is 1. The average molecular weight is 453 g/mol. The highest BCUT2D eigenvalue weighted by molar-refractivity contribution is 7.89. The summed E-state index contributed by atoms with van der Waals surface area (Å²) in [6, 6.07) is 11.9. The molecule has 0 aliphatic carbocycles. The van der Waals surface area contributed by atoms with Crippen molar-refractivity contribution < 1.29 is 17.6 Å². The lowest BCUT2D eigenvalue weighted by molar-refractivity contribution is -0.136. The lowest BCUT2D eigenvalue weighted by Crippen LogP contribution is -2.52. The van der Waals surface area contributed by atoms with Gasteiger partial charge in [-0.3, -0.25) is 10.2 Å². The summed E-state index contributed by atoms with van der Waals surface area (Å²) >= 11 is 5.85. The van der Waals surface area contributed by atoms with Crippen molar-refractivity contribution in [2.24, 2.45) is 5.92 Å². The third-order valence-corrected chi connectivity index (χ3v) is 7.69. The molecule has 2 fully saturated rings. The van der Waals surface area contributed by atoms with Gasteiger partial charge in [-0.05, 0) is 42.0 Å². The molecule has 2 heterocycles. The number of nitrogens with one attached hydrogen (secondary N) is 2. The number of carbonyl (C=O) groups excluding carboxylic acids is 1. The van der Waals surface area contributed by atoms with Crippen LogP contribution in [0.3, 0.4) is 0 Å². The molecule has 0 spiro atoms. The summed E-state index contributed by atoms with van der Waals surface area (Å²) in [6.07, 6.45) is 0. The maximum absolute atomic E-state index is 13.2. The van der Waals surface area contributed by atoms with Crippen molar-refractivity contribution in [2.75, 3.05) is 32.7 Å². The molecular formula is C20H22ClFN4O3S. The van der Waals surface area contributed by atoms with E-state index < -0.39 is 10.0 Å². The van der Waals surface area contributed by atoms with E-state index in [1.54, 1.807) is 29.2 Å². The van der Waals surface area contributed by atoms with Crippen LogP contribution < -0.4 is 10.9 Å². The number of hydrogen-bond acceptors (Lipinski definition) is 5. The molecule has 0 bridgehead atoms. The zero-order chi connectivity index (χ0) is 21.3. The van der Waals surface area contributed by atoms with Crippen molar-refractivity contribution in [3.63, 3.8) is 0 Å². The third kappa shape index (κ3) is 4.21. The summed E-state index contributed by atoms with van der Waals surface area (Å²) in [6.45, 7) is 1.54. The molecule has 2 aliphatic rings. The number of rotatable bonds is 4. The maximum atomic E-state index is 13.2. The molecule has 7 nitrogen and oxygen atoms in total. The van der Waals surface area contributed by atoms with Crippen LogP contribution in [0.25, 0.3) is 0 Å². The fourth-order valence-electron chi connectivity index (χ4n) is 3.85. The minimum atomic E-state index is -3.63. The Morgan fingerprint density at radius 1 is 1.00 bits per heavy atom. The number of sulfonamides is 1. The second-order valence-corrected chi connectivity index (χ2v) is 9.72. The Morgan fingerprint density at radius 2 is 1.63 bits per heavy atom. The maximum Gasteiger partial charge on any atom is 0.243 e. The van der Waals surface area contributed by atoms with Crippen LogP contribution in [-0.4, -0.2) is 56.3 Å². The Hall–Kier alpha value is -2.04. The molecule has 0 radical (unpaired) electrons. The Labute approximate surface area is 179 Å². The summed E-state index contributed by atoms with van der Waals surface area (Å²) in [7, 11) is -3.63. The van der Waals surface area contributed by atoms with Crippen molar-refractivity contribution in [3.05, 3.63) is 64.9 Å². The summed E-state index contributed by atoms with van der Waals surface area (Å²) < 4.78 is 40.3. The molecule has 10 heteroatoms. The van der Waals surface area contributed by atoms with Crippen molar-refractivity contribution in [2.45, 2.75) is 10.9 Å². The Kier molecular flexibility index (Phi) is 6.08. The number of hydrogen-bond donors (Lipinski definition) is 2. The van der Waals surface area contributed by atoms with E-state index in [1.165, 1.54) is 28.6 Å². The minimum Gasteiger partial charge on any atom is -0.340 e. The van der Waals surface area contributed by atoms with E-state index in [-0.39, 0.29) is 41.7 Å². The van der Waals surface area contributed by atoms with Crippen LogP contribution in [-0.2, 0) is 14.8 Å². The van der Waals surface area contributed by atoms with Gasteiger partial charge in [0.2, 0.25) is 15.9 Å². The molecule has 1 amide bonds. The Bertz CT molecular complexity index is 1010. The molecule has 2 aromatic rings. The molecule has 2 unspecified atom stereocenters. The van der Waals surface area contributed by atoms with Crippen LogP contribution in [0, 0.1) is 11.7 Å². The standard InChI is InChI=1S/C20H22ClFN4O3S/c21-15-3-7-17(8-4-15)30(28,29)26-11-9-25(10-12-26)20(27)18-13-23-24-19(18)14-1-5-16(22)6-2-14/h1-8,18-19,23-24H,9-13H2. The summed E-state index contributed by atoms with van der Waals surface area (Å²) in [4.78, 5) is 15.0. The number of hydrazine groups is 1. The van der Waals surface area contributed by atoms with Crippen molar-refractivity contribution >= 4 is 27.5 Å².